The number of rotatable bonds is 5. The van der Waals surface area contributed by atoms with Crippen LogP contribution in [-0.4, -0.2) is 26.3 Å². The average Bonchev–Trinajstić information content (AvgIpc) is 3.14. The van der Waals surface area contributed by atoms with E-state index in [-0.39, 0.29) is 0 Å². The lowest BCUT2D eigenvalue weighted by Crippen LogP contribution is -2.33. The van der Waals surface area contributed by atoms with E-state index in [1.54, 1.807) is 23.5 Å². The quantitative estimate of drug-likeness (QED) is 0.773. The predicted octanol–water partition coefficient (Wildman–Crippen LogP) is 3.54. The Bertz CT molecular complexity index is 584. The van der Waals surface area contributed by atoms with Gasteiger partial charge < -0.3 is 0 Å². The van der Waals surface area contributed by atoms with Crippen molar-refractivity contribution in [1.29, 1.82) is 0 Å². The third kappa shape index (κ3) is 2.65. The molecule has 2 bridgehead atoms. The van der Waals surface area contributed by atoms with E-state index in [9.17, 15) is 8.42 Å². The number of alkyl halides is 1. The fraction of sp³-hybridized carbons (Fsp3) is 0.714. The number of hydrogen-bond donors (Lipinski definition) is 0. The first kappa shape index (κ1) is 14.8. The van der Waals surface area contributed by atoms with Crippen LogP contribution in [0.4, 0.5) is 0 Å². The van der Waals surface area contributed by atoms with Crippen LogP contribution >= 0.6 is 22.9 Å². The summed E-state index contributed by atoms with van der Waals surface area (Å²) >= 11 is 7.03. The van der Waals surface area contributed by atoms with Crippen molar-refractivity contribution in [3.8, 4) is 0 Å². The minimum atomic E-state index is -3.34. The molecule has 3 rings (SSSR count). The van der Waals surface area contributed by atoms with Gasteiger partial charge in [-0.15, -0.1) is 22.9 Å². The van der Waals surface area contributed by atoms with Gasteiger partial charge in [-0.1, -0.05) is 6.42 Å². The van der Waals surface area contributed by atoms with Crippen molar-refractivity contribution in [2.75, 3.05) is 13.6 Å². The molecule has 3 unspecified atom stereocenters. The van der Waals surface area contributed by atoms with Gasteiger partial charge >= 0.3 is 0 Å². The van der Waals surface area contributed by atoms with E-state index in [0.29, 0.717) is 22.6 Å². The highest BCUT2D eigenvalue weighted by Crippen LogP contribution is 2.48. The van der Waals surface area contributed by atoms with Crippen LogP contribution < -0.4 is 0 Å². The standard InChI is InChI=1S/C14H20ClNO2S2/c1-16(9-12-7-10-2-3-11(12)6-10)20(17,18)14-5-4-13(8-15)19-14/h4-5,10-12H,2-3,6-9H2,1H3. The van der Waals surface area contributed by atoms with E-state index in [2.05, 4.69) is 0 Å². The van der Waals surface area contributed by atoms with Gasteiger partial charge in [0.2, 0.25) is 0 Å². The van der Waals surface area contributed by atoms with Gasteiger partial charge in [0.15, 0.2) is 0 Å². The Balaban J connectivity index is 1.70. The molecule has 0 spiro atoms. The van der Waals surface area contributed by atoms with Gasteiger partial charge in [0, 0.05) is 18.5 Å². The lowest BCUT2D eigenvalue weighted by Gasteiger charge is -2.26. The summed E-state index contributed by atoms with van der Waals surface area (Å²) in [5, 5.41) is 0. The lowest BCUT2D eigenvalue weighted by atomic mass is 9.89. The van der Waals surface area contributed by atoms with E-state index in [4.69, 9.17) is 11.6 Å². The Labute approximate surface area is 130 Å². The molecule has 2 aliphatic rings. The topological polar surface area (TPSA) is 37.4 Å². The van der Waals surface area contributed by atoms with Gasteiger partial charge in [-0.3, -0.25) is 0 Å². The van der Waals surface area contributed by atoms with Crippen LogP contribution in [0, 0.1) is 17.8 Å². The Hall–Kier alpha value is -0.100. The first-order valence-corrected chi connectivity index (χ1v) is 9.91. The van der Waals surface area contributed by atoms with Crippen LogP contribution in [0.1, 0.15) is 30.6 Å². The summed E-state index contributed by atoms with van der Waals surface area (Å²) in [7, 11) is -1.63. The van der Waals surface area contributed by atoms with Crippen LogP contribution in [0.3, 0.4) is 0 Å². The molecule has 0 N–H and O–H groups in total. The van der Waals surface area contributed by atoms with Crippen molar-refractivity contribution in [3.05, 3.63) is 17.0 Å². The first-order valence-electron chi connectivity index (χ1n) is 7.11. The van der Waals surface area contributed by atoms with Crippen LogP contribution in [0.15, 0.2) is 16.3 Å². The number of sulfonamides is 1. The molecule has 0 amide bonds. The molecule has 0 aliphatic heterocycles. The zero-order valence-corrected chi connectivity index (χ0v) is 14.0. The number of halogens is 1. The predicted molar refractivity (Wildman–Crippen MR) is 82.6 cm³/mol. The van der Waals surface area contributed by atoms with E-state index < -0.39 is 10.0 Å². The fourth-order valence-electron chi connectivity index (χ4n) is 3.75. The largest absolute Gasteiger partial charge is 0.252 e. The van der Waals surface area contributed by atoms with Crippen molar-refractivity contribution >= 4 is 33.0 Å². The van der Waals surface area contributed by atoms with Crippen LogP contribution in [-0.2, 0) is 15.9 Å². The normalized spacial score (nSPS) is 29.4. The monoisotopic (exact) mass is 333 g/mol. The Morgan fingerprint density at radius 1 is 1.35 bits per heavy atom. The maximum absolute atomic E-state index is 12.5. The summed E-state index contributed by atoms with van der Waals surface area (Å²) in [4.78, 5) is 0.901. The van der Waals surface area contributed by atoms with Gasteiger partial charge in [0.25, 0.3) is 10.0 Å². The van der Waals surface area contributed by atoms with E-state index in [1.807, 2.05) is 0 Å². The summed E-state index contributed by atoms with van der Waals surface area (Å²) in [6.45, 7) is 0.664. The van der Waals surface area contributed by atoms with E-state index in [0.717, 1.165) is 16.7 Å². The number of thiophene rings is 1. The number of nitrogens with zero attached hydrogens (tertiary/aromatic N) is 1. The molecule has 0 aromatic carbocycles. The van der Waals surface area contributed by atoms with Crippen LogP contribution in [0.25, 0.3) is 0 Å². The van der Waals surface area contributed by atoms with Gasteiger partial charge in [-0.2, -0.15) is 4.31 Å². The first-order chi connectivity index (χ1) is 9.50. The Morgan fingerprint density at radius 3 is 2.70 bits per heavy atom. The molecular formula is C14H20ClNO2S2. The van der Waals surface area contributed by atoms with Gasteiger partial charge in [0.1, 0.15) is 4.21 Å². The molecule has 2 saturated carbocycles. The lowest BCUT2D eigenvalue weighted by molar-refractivity contribution is 0.280. The van der Waals surface area contributed by atoms with Crippen LogP contribution in [0.5, 0.6) is 0 Å². The molecule has 3 atom stereocenters. The second kappa shape index (κ2) is 5.59. The highest BCUT2D eigenvalue weighted by atomic mass is 35.5. The van der Waals surface area contributed by atoms with E-state index in [1.165, 1.54) is 37.0 Å². The van der Waals surface area contributed by atoms with Crippen molar-refractivity contribution < 1.29 is 8.42 Å². The van der Waals surface area contributed by atoms with Crippen molar-refractivity contribution in [3.63, 3.8) is 0 Å². The average molecular weight is 334 g/mol. The Morgan fingerprint density at radius 2 is 2.15 bits per heavy atom. The summed E-state index contributed by atoms with van der Waals surface area (Å²) in [5.74, 6) is 2.53. The molecule has 112 valence electrons. The molecule has 1 aromatic heterocycles. The molecule has 2 fully saturated rings. The van der Waals surface area contributed by atoms with Crippen LogP contribution in [0.2, 0.25) is 0 Å². The third-order valence-corrected chi connectivity index (χ3v) is 8.63. The summed E-state index contributed by atoms with van der Waals surface area (Å²) in [6, 6.07) is 3.48. The second-order valence-corrected chi connectivity index (χ2v) is 9.78. The molecule has 2 aliphatic carbocycles. The molecule has 0 saturated heterocycles. The summed E-state index contributed by atoms with van der Waals surface area (Å²) in [6.07, 6.45) is 5.16. The zero-order chi connectivity index (χ0) is 14.3. The highest BCUT2D eigenvalue weighted by Gasteiger charge is 2.41. The summed E-state index contributed by atoms with van der Waals surface area (Å²) in [5.41, 5.74) is 0. The SMILES string of the molecule is CN(CC1CC2CCC1C2)S(=O)(=O)c1ccc(CCl)s1. The molecule has 0 radical (unpaired) electrons. The van der Waals surface area contributed by atoms with E-state index >= 15 is 0 Å². The minimum Gasteiger partial charge on any atom is -0.206 e. The maximum Gasteiger partial charge on any atom is 0.252 e. The molecule has 6 heteroatoms. The molecule has 3 nitrogen and oxygen atoms in total. The maximum atomic E-state index is 12.5. The molecule has 1 heterocycles. The van der Waals surface area contributed by atoms with Gasteiger partial charge in [0.05, 0.1) is 5.88 Å². The zero-order valence-electron chi connectivity index (χ0n) is 11.6. The van der Waals surface area contributed by atoms with Crippen molar-refractivity contribution in [2.45, 2.75) is 35.8 Å². The second-order valence-electron chi connectivity index (χ2n) is 6.07. The smallest absolute Gasteiger partial charge is 0.206 e. The molecular weight excluding hydrogens is 314 g/mol. The highest BCUT2D eigenvalue weighted by molar-refractivity contribution is 7.91. The summed E-state index contributed by atoms with van der Waals surface area (Å²) < 4.78 is 27.1. The number of hydrogen-bond acceptors (Lipinski definition) is 3. The van der Waals surface area contributed by atoms with Gasteiger partial charge in [-0.25, -0.2) is 8.42 Å². The third-order valence-electron chi connectivity index (χ3n) is 4.81. The van der Waals surface area contributed by atoms with Crippen molar-refractivity contribution in [1.82, 2.24) is 4.31 Å². The van der Waals surface area contributed by atoms with Gasteiger partial charge in [-0.05, 0) is 49.1 Å². The number of fused-ring (bicyclic) bond motifs is 2. The fourth-order valence-corrected chi connectivity index (χ4v) is 6.65. The molecule has 20 heavy (non-hydrogen) atoms. The molecule has 1 aromatic rings. The van der Waals surface area contributed by atoms with Crippen molar-refractivity contribution in [2.24, 2.45) is 17.8 Å². The minimum absolute atomic E-state index is 0.371. The Kier molecular flexibility index (Phi) is 4.15.